The van der Waals surface area contributed by atoms with E-state index in [0.29, 0.717) is 36.0 Å². The molecule has 0 unspecified atom stereocenters. The summed E-state index contributed by atoms with van der Waals surface area (Å²) in [5.74, 6) is 0.862. The van der Waals surface area contributed by atoms with E-state index >= 15 is 0 Å². The lowest BCUT2D eigenvalue weighted by Gasteiger charge is -2.31. The summed E-state index contributed by atoms with van der Waals surface area (Å²) < 4.78 is 5.92. The molecule has 0 radical (unpaired) electrons. The van der Waals surface area contributed by atoms with E-state index in [1.807, 2.05) is 47.4 Å². The molecule has 0 saturated heterocycles. The third-order valence-corrected chi connectivity index (χ3v) is 5.44. The Morgan fingerprint density at radius 1 is 0.970 bits per heavy atom. The fraction of sp³-hybridized carbons (Fsp3) is 0.269. The quantitative estimate of drug-likeness (QED) is 0.584. The van der Waals surface area contributed by atoms with Crippen LogP contribution >= 0.6 is 0 Å². The normalized spacial score (nSPS) is 13.0. The zero-order valence-electron chi connectivity index (χ0n) is 19.3. The first-order valence-electron chi connectivity index (χ1n) is 10.9. The van der Waals surface area contributed by atoms with Crippen LogP contribution in [0.1, 0.15) is 43.6 Å². The van der Waals surface area contributed by atoms with Gasteiger partial charge in [-0.05, 0) is 47.4 Å². The number of hydrogen-bond acceptors (Lipinski definition) is 5. The summed E-state index contributed by atoms with van der Waals surface area (Å²) in [4.78, 5) is 30.8. The van der Waals surface area contributed by atoms with E-state index in [1.165, 1.54) is 12.5 Å². The van der Waals surface area contributed by atoms with E-state index in [1.54, 1.807) is 18.3 Å². The molecule has 1 aliphatic heterocycles. The van der Waals surface area contributed by atoms with Crippen LogP contribution < -0.4 is 20.3 Å². The Balaban J connectivity index is 1.57. The molecule has 3 aromatic rings. The van der Waals surface area contributed by atoms with Crippen LogP contribution in [0.2, 0.25) is 0 Å². The molecule has 2 N–H and O–H groups in total. The van der Waals surface area contributed by atoms with Crippen molar-refractivity contribution in [2.75, 3.05) is 28.7 Å². The van der Waals surface area contributed by atoms with Crippen LogP contribution in [0.5, 0.6) is 5.75 Å². The summed E-state index contributed by atoms with van der Waals surface area (Å²) >= 11 is 0. The number of rotatable bonds is 4. The minimum atomic E-state index is -0.230. The van der Waals surface area contributed by atoms with Crippen molar-refractivity contribution < 1.29 is 14.3 Å². The number of para-hydroxylation sites is 1. The number of ether oxygens (including phenoxy) is 1. The Kier molecular flexibility index (Phi) is 6.05. The highest BCUT2D eigenvalue weighted by atomic mass is 16.5. The van der Waals surface area contributed by atoms with Crippen molar-refractivity contribution in [3.8, 4) is 5.75 Å². The summed E-state index contributed by atoms with van der Waals surface area (Å²) in [5, 5.41) is 5.69. The van der Waals surface area contributed by atoms with Crippen molar-refractivity contribution >= 4 is 34.7 Å². The third kappa shape index (κ3) is 4.98. The number of fused-ring (bicyclic) bond motifs is 1. The molecule has 4 rings (SSSR count). The molecule has 0 aliphatic carbocycles. The predicted molar refractivity (Wildman–Crippen MR) is 131 cm³/mol. The van der Waals surface area contributed by atoms with Gasteiger partial charge in [-0.3, -0.25) is 9.59 Å². The molecule has 7 heteroatoms. The number of hydrogen-bond donors (Lipinski definition) is 2. The predicted octanol–water partition coefficient (Wildman–Crippen LogP) is 5.12. The topological polar surface area (TPSA) is 83.6 Å². The van der Waals surface area contributed by atoms with Gasteiger partial charge < -0.3 is 20.3 Å². The number of aromatic nitrogens is 1. The van der Waals surface area contributed by atoms with Gasteiger partial charge in [0.05, 0.1) is 29.7 Å². The van der Waals surface area contributed by atoms with Crippen LogP contribution in [0.3, 0.4) is 0 Å². The Hall–Kier alpha value is -3.87. The summed E-state index contributed by atoms with van der Waals surface area (Å²) in [5.41, 5.74) is 3.85. The van der Waals surface area contributed by atoms with Gasteiger partial charge in [-0.1, -0.05) is 39.0 Å². The number of pyridine rings is 1. The molecule has 0 atom stereocenters. The van der Waals surface area contributed by atoms with Crippen molar-refractivity contribution in [1.29, 1.82) is 0 Å². The maximum Gasteiger partial charge on any atom is 0.259 e. The third-order valence-electron chi connectivity index (χ3n) is 5.44. The Labute approximate surface area is 193 Å². The maximum atomic E-state index is 13.1. The molecule has 2 amide bonds. The van der Waals surface area contributed by atoms with Gasteiger partial charge in [0.25, 0.3) is 5.91 Å². The van der Waals surface area contributed by atoms with Crippen molar-refractivity contribution in [1.82, 2.24) is 4.98 Å². The Morgan fingerprint density at radius 2 is 1.70 bits per heavy atom. The molecular formula is C26H28N4O3. The van der Waals surface area contributed by atoms with E-state index in [-0.39, 0.29) is 17.2 Å². The summed E-state index contributed by atoms with van der Waals surface area (Å²) in [7, 11) is 0. The number of nitrogens with one attached hydrogen (secondary N) is 2. The first kappa shape index (κ1) is 22.3. The second-order valence-corrected chi connectivity index (χ2v) is 9.02. The standard InChI is InChI=1S/C26H28N4O3/c1-17(31)28-20-12-13-23(27-16-20)30-14-15-33-24-21(6-5-7-22(24)30)25(32)29-19-10-8-18(9-11-19)26(2,3)4/h5-13,16H,14-15H2,1-4H3,(H,28,31)(H,29,32). The second-order valence-electron chi connectivity index (χ2n) is 9.02. The largest absolute Gasteiger partial charge is 0.489 e. The summed E-state index contributed by atoms with van der Waals surface area (Å²) in [6.45, 7) is 8.94. The van der Waals surface area contributed by atoms with Gasteiger partial charge >= 0.3 is 0 Å². The van der Waals surface area contributed by atoms with E-state index in [4.69, 9.17) is 4.74 Å². The smallest absolute Gasteiger partial charge is 0.259 e. The Morgan fingerprint density at radius 3 is 2.33 bits per heavy atom. The fourth-order valence-electron chi connectivity index (χ4n) is 3.74. The van der Waals surface area contributed by atoms with Crippen LogP contribution in [0.4, 0.5) is 22.9 Å². The van der Waals surface area contributed by atoms with Crippen LogP contribution in [-0.2, 0) is 10.2 Å². The zero-order valence-corrected chi connectivity index (χ0v) is 19.3. The summed E-state index contributed by atoms with van der Waals surface area (Å²) in [6.07, 6.45) is 1.61. The van der Waals surface area contributed by atoms with Gasteiger partial charge in [-0.15, -0.1) is 0 Å². The van der Waals surface area contributed by atoms with Crippen molar-refractivity contribution in [2.24, 2.45) is 0 Å². The molecule has 1 aliphatic rings. The molecule has 0 spiro atoms. The number of carbonyl (C=O) groups is 2. The Bertz CT molecular complexity index is 1170. The van der Waals surface area contributed by atoms with Gasteiger partial charge in [-0.25, -0.2) is 4.98 Å². The highest BCUT2D eigenvalue weighted by molar-refractivity contribution is 6.07. The van der Waals surface area contributed by atoms with Gasteiger partial charge in [0, 0.05) is 12.6 Å². The number of carbonyl (C=O) groups excluding carboxylic acids is 2. The van der Waals surface area contributed by atoms with Crippen molar-refractivity contribution in [3.05, 3.63) is 71.9 Å². The molecule has 0 bridgehead atoms. The molecule has 33 heavy (non-hydrogen) atoms. The van der Waals surface area contributed by atoms with Gasteiger partial charge in [0.15, 0.2) is 5.75 Å². The molecule has 0 fully saturated rings. The number of nitrogens with zero attached hydrogens (tertiary/aromatic N) is 2. The molecule has 2 heterocycles. The summed E-state index contributed by atoms with van der Waals surface area (Å²) in [6, 6.07) is 17.0. The van der Waals surface area contributed by atoms with E-state index in [9.17, 15) is 9.59 Å². The van der Waals surface area contributed by atoms with Crippen LogP contribution in [0.15, 0.2) is 60.8 Å². The number of amides is 2. The first-order chi connectivity index (χ1) is 15.7. The molecular weight excluding hydrogens is 416 g/mol. The van der Waals surface area contributed by atoms with Crippen LogP contribution in [0.25, 0.3) is 0 Å². The van der Waals surface area contributed by atoms with Crippen LogP contribution in [0, 0.1) is 0 Å². The molecule has 1 aromatic heterocycles. The first-order valence-corrected chi connectivity index (χ1v) is 10.9. The van der Waals surface area contributed by atoms with E-state index in [2.05, 4.69) is 36.4 Å². The van der Waals surface area contributed by atoms with Crippen molar-refractivity contribution in [3.63, 3.8) is 0 Å². The average Bonchev–Trinajstić information content (AvgIpc) is 2.78. The maximum absolute atomic E-state index is 13.1. The number of anilines is 4. The molecule has 2 aromatic carbocycles. The lowest BCUT2D eigenvalue weighted by atomic mass is 9.87. The molecule has 7 nitrogen and oxygen atoms in total. The van der Waals surface area contributed by atoms with Gasteiger partial charge in [0.1, 0.15) is 12.4 Å². The molecule has 0 saturated carbocycles. The lowest BCUT2D eigenvalue weighted by molar-refractivity contribution is -0.114. The SMILES string of the molecule is CC(=O)Nc1ccc(N2CCOc3c(C(=O)Nc4ccc(C(C)(C)C)cc4)cccc32)nc1. The minimum absolute atomic E-state index is 0.0483. The lowest BCUT2D eigenvalue weighted by Crippen LogP contribution is -2.30. The minimum Gasteiger partial charge on any atom is -0.489 e. The average molecular weight is 445 g/mol. The number of benzene rings is 2. The van der Waals surface area contributed by atoms with Crippen molar-refractivity contribution in [2.45, 2.75) is 33.1 Å². The molecule has 170 valence electrons. The van der Waals surface area contributed by atoms with Crippen LogP contribution in [-0.4, -0.2) is 29.9 Å². The zero-order chi connectivity index (χ0) is 23.6. The highest BCUT2D eigenvalue weighted by Crippen LogP contribution is 2.39. The van der Waals surface area contributed by atoms with Gasteiger partial charge in [0.2, 0.25) is 5.91 Å². The monoisotopic (exact) mass is 444 g/mol. The van der Waals surface area contributed by atoms with Gasteiger partial charge in [-0.2, -0.15) is 0 Å². The second kappa shape index (κ2) is 8.94. The van der Waals surface area contributed by atoms with E-state index < -0.39 is 0 Å². The highest BCUT2D eigenvalue weighted by Gasteiger charge is 2.25. The fourth-order valence-corrected chi connectivity index (χ4v) is 3.74. The van der Waals surface area contributed by atoms with E-state index in [0.717, 1.165) is 11.4 Å².